The lowest BCUT2D eigenvalue weighted by Crippen LogP contribution is -2.16. The van der Waals surface area contributed by atoms with Gasteiger partial charge in [-0.05, 0) is 41.8 Å². The molecular weight excluding hydrogens is 346 g/mol. The maximum absolute atomic E-state index is 9.81. The zero-order valence-electron chi connectivity index (χ0n) is 16.3. The van der Waals surface area contributed by atoms with Gasteiger partial charge in [0.2, 0.25) is 0 Å². The molecule has 2 N–H and O–H groups in total. The van der Waals surface area contributed by atoms with E-state index < -0.39 is 0 Å². The number of nitrogens with one attached hydrogen (secondary N) is 1. The molecule has 3 heteroatoms. The Hall–Kier alpha value is -2.88. The fourth-order valence-corrected chi connectivity index (χ4v) is 3.32. The number of likely N-dealkylation sites (N-methyl/N-ethyl adjacent to an activating group) is 1. The number of benzene rings is 3. The lowest BCUT2D eigenvalue weighted by molar-refractivity contribution is 0.305. The Bertz CT molecular complexity index is 889. The quantitative estimate of drug-likeness (QED) is 0.425. The highest BCUT2D eigenvalue weighted by Crippen LogP contribution is 2.38. The number of para-hydroxylation sites is 1. The standard InChI is InChI=1S/C25H27NO2/c1-26-17-19-28-24-15-9-8-14-23(24)25(21-12-6-3-7-13-21)22(16-18-27)20-10-4-2-5-11-20/h2-15,26-27H,16-19H2,1H3/b25-22-. The van der Waals surface area contributed by atoms with Crippen molar-refractivity contribution in [1.29, 1.82) is 0 Å². The lowest BCUT2D eigenvalue weighted by Gasteiger charge is -2.19. The van der Waals surface area contributed by atoms with Crippen molar-refractivity contribution in [3.05, 3.63) is 102 Å². The first kappa shape index (κ1) is 19.9. The summed E-state index contributed by atoms with van der Waals surface area (Å²) < 4.78 is 6.09. The van der Waals surface area contributed by atoms with E-state index in [0.29, 0.717) is 13.0 Å². The van der Waals surface area contributed by atoms with Crippen LogP contribution in [0.2, 0.25) is 0 Å². The molecule has 0 unspecified atom stereocenters. The molecule has 0 radical (unpaired) electrons. The minimum Gasteiger partial charge on any atom is -0.492 e. The van der Waals surface area contributed by atoms with Gasteiger partial charge in [-0.1, -0.05) is 78.9 Å². The van der Waals surface area contributed by atoms with Gasteiger partial charge in [0, 0.05) is 18.7 Å². The Balaban J connectivity index is 2.21. The van der Waals surface area contributed by atoms with Crippen LogP contribution in [0.15, 0.2) is 84.9 Å². The predicted molar refractivity (Wildman–Crippen MR) is 116 cm³/mol. The molecule has 0 aliphatic heterocycles. The second kappa shape index (κ2) is 10.5. The first-order valence-corrected chi connectivity index (χ1v) is 9.66. The molecule has 3 aromatic rings. The lowest BCUT2D eigenvalue weighted by atomic mass is 9.87. The van der Waals surface area contributed by atoms with E-state index in [-0.39, 0.29) is 6.61 Å². The third-order valence-electron chi connectivity index (χ3n) is 4.61. The van der Waals surface area contributed by atoms with Crippen molar-refractivity contribution in [2.75, 3.05) is 26.8 Å². The van der Waals surface area contributed by atoms with Crippen LogP contribution in [-0.2, 0) is 0 Å². The largest absolute Gasteiger partial charge is 0.492 e. The molecule has 0 saturated heterocycles. The molecule has 3 nitrogen and oxygen atoms in total. The van der Waals surface area contributed by atoms with Crippen LogP contribution >= 0.6 is 0 Å². The SMILES string of the molecule is CNCCOc1ccccc1/C(=C(/CCO)c1ccccc1)c1ccccc1. The Morgan fingerprint density at radius 3 is 2.07 bits per heavy atom. The van der Waals surface area contributed by atoms with Crippen LogP contribution in [0, 0.1) is 0 Å². The Morgan fingerprint density at radius 1 is 0.821 bits per heavy atom. The second-order valence-electron chi connectivity index (χ2n) is 6.51. The van der Waals surface area contributed by atoms with Crippen LogP contribution in [0.5, 0.6) is 5.75 Å². The van der Waals surface area contributed by atoms with Crippen molar-refractivity contribution in [2.45, 2.75) is 6.42 Å². The van der Waals surface area contributed by atoms with E-state index >= 15 is 0 Å². The average molecular weight is 373 g/mol. The van der Waals surface area contributed by atoms with Crippen LogP contribution in [0.1, 0.15) is 23.1 Å². The molecule has 0 amide bonds. The smallest absolute Gasteiger partial charge is 0.127 e. The number of hydrogen-bond donors (Lipinski definition) is 2. The van der Waals surface area contributed by atoms with Crippen molar-refractivity contribution in [2.24, 2.45) is 0 Å². The predicted octanol–water partition coefficient (Wildman–Crippen LogP) is 4.63. The van der Waals surface area contributed by atoms with Crippen LogP contribution in [0.25, 0.3) is 11.1 Å². The first-order valence-electron chi connectivity index (χ1n) is 9.66. The van der Waals surface area contributed by atoms with Crippen molar-refractivity contribution in [1.82, 2.24) is 5.32 Å². The van der Waals surface area contributed by atoms with Crippen LogP contribution in [-0.4, -0.2) is 31.9 Å². The van der Waals surface area contributed by atoms with E-state index in [1.807, 2.05) is 61.6 Å². The molecule has 0 spiro atoms. The van der Waals surface area contributed by atoms with E-state index in [1.54, 1.807) is 0 Å². The molecule has 0 atom stereocenters. The maximum Gasteiger partial charge on any atom is 0.127 e. The topological polar surface area (TPSA) is 41.5 Å². The molecule has 3 rings (SSSR count). The zero-order chi connectivity index (χ0) is 19.6. The zero-order valence-corrected chi connectivity index (χ0v) is 16.3. The van der Waals surface area contributed by atoms with Gasteiger partial charge in [-0.3, -0.25) is 0 Å². The minimum absolute atomic E-state index is 0.0866. The van der Waals surface area contributed by atoms with E-state index in [1.165, 1.54) is 0 Å². The van der Waals surface area contributed by atoms with E-state index in [9.17, 15) is 5.11 Å². The number of aliphatic hydroxyl groups is 1. The maximum atomic E-state index is 9.81. The summed E-state index contributed by atoms with van der Waals surface area (Å²) in [4.78, 5) is 0. The average Bonchev–Trinajstić information content (AvgIpc) is 2.76. The number of rotatable bonds is 9. The minimum atomic E-state index is 0.0866. The molecular formula is C25H27NO2. The molecule has 0 heterocycles. The van der Waals surface area contributed by atoms with Gasteiger partial charge in [-0.2, -0.15) is 0 Å². The van der Waals surface area contributed by atoms with Crippen LogP contribution in [0.3, 0.4) is 0 Å². The molecule has 0 saturated carbocycles. The molecule has 0 fully saturated rings. The molecule has 0 aliphatic rings. The monoisotopic (exact) mass is 373 g/mol. The van der Waals surface area contributed by atoms with Gasteiger partial charge >= 0.3 is 0 Å². The number of hydrogen-bond acceptors (Lipinski definition) is 3. The normalized spacial score (nSPS) is 11.8. The van der Waals surface area contributed by atoms with E-state index in [2.05, 4.69) is 35.6 Å². The number of aliphatic hydroxyl groups excluding tert-OH is 1. The van der Waals surface area contributed by atoms with Crippen LogP contribution in [0.4, 0.5) is 0 Å². The highest BCUT2D eigenvalue weighted by atomic mass is 16.5. The Labute approximate surface area is 167 Å². The summed E-state index contributed by atoms with van der Waals surface area (Å²) >= 11 is 0. The third kappa shape index (κ3) is 4.89. The molecule has 3 aromatic carbocycles. The number of ether oxygens (including phenoxy) is 1. The molecule has 144 valence electrons. The van der Waals surface area contributed by atoms with E-state index in [0.717, 1.165) is 40.1 Å². The van der Waals surface area contributed by atoms with Gasteiger partial charge in [-0.15, -0.1) is 0 Å². The molecule has 0 aromatic heterocycles. The summed E-state index contributed by atoms with van der Waals surface area (Å²) in [5, 5.41) is 12.9. The van der Waals surface area contributed by atoms with Crippen molar-refractivity contribution >= 4 is 11.1 Å². The van der Waals surface area contributed by atoms with Gasteiger partial charge in [0.15, 0.2) is 0 Å². The fourth-order valence-electron chi connectivity index (χ4n) is 3.32. The highest BCUT2D eigenvalue weighted by Gasteiger charge is 2.17. The Kier molecular flexibility index (Phi) is 7.42. The summed E-state index contributed by atoms with van der Waals surface area (Å²) in [7, 11) is 1.92. The van der Waals surface area contributed by atoms with E-state index in [4.69, 9.17) is 4.74 Å². The van der Waals surface area contributed by atoms with Gasteiger partial charge in [-0.25, -0.2) is 0 Å². The summed E-state index contributed by atoms with van der Waals surface area (Å²) in [5.41, 5.74) is 5.47. The van der Waals surface area contributed by atoms with Crippen molar-refractivity contribution in [3.63, 3.8) is 0 Å². The molecule has 0 aliphatic carbocycles. The second-order valence-corrected chi connectivity index (χ2v) is 6.51. The summed E-state index contributed by atoms with van der Waals surface area (Å²) in [6.45, 7) is 1.46. The van der Waals surface area contributed by atoms with Gasteiger partial charge in [0.05, 0.1) is 0 Å². The van der Waals surface area contributed by atoms with Crippen molar-refractivity contribution < 1.29 is 9.84 Å². The first-order chi connectivity index (χ1) is 13.8. The highest BCUT2D eigenvalue weighted by molar-refractivity contribution is 6.00. The van der Waals surface area contributed by atoms with Gasteiger partial charge < -0.3 is 15.2 Å². The summed E-state index contributed by atoms with van der Waals surface area (Å²) in [5.74, 6) is 0.850. The Morgan fingerprint density at radius 2 is 1.43 bits per heavy atom. The van der Waals surface area contributed by atoms with Gasteiger partial charge in [0.1, 0.15) is 12.4 Å². The summed E-state index contributed by atoms with van der Waals surface area (Å²) in [6.07, 6.45) is 0.569. The van der Waals surface area contributed by atoms with Gasteiger partial charge in [0.25, 0.3) is 0 Å². The molecule has 0 bridgehead atoms. The summed E-state index contributed by atoms with van der Waals surface area (Å²) in [6, 6.07) is 28.7. The fraction of sp³-hybridized carbons (Fsp3) is 0.200. The molecule has 28 heavy (non-hydrogen) atoms. The third-order valence-corrected chi connectivity index (χ3v) is 4.61. The van der Waals surface area contributed by atoms with Crippen molar-refractivity contribution in [3.8, 4) is 5.75 Å². The van der Waals surface area contributed by atoms with Crippen LogP contribution < -0.4 is 10.1 Å².